The molecule has 33 heavy (non-hydrogen) atoms. The van der Waals surface area contributed by atoms with Crippen LogP contribution in [0, 0.1) is 24.0 Å². The van der Waals surface area contributed by atoms with Crippen molar-refractivity contribution in [3.05, 3.63) is 63.2 Å². The number of piperazine rings is 1. The summed E-state index contributed by atoms with van der Waals surface area (Å²) in [7, 11) is -3.80. The lowest BCUT2D eigenvalue weighted by Crippen LogP contribution is -2.49. The number of nitro benzene ring substituents is 1. The van der Waals surface area contributed by atoms with E-state index < -0.39 is 14.9 Å². The standard InChI is InChI=1S/C23H30N4O5S/c1-5-26(6-2)33(31,32)20-7-8-21(22(16-20)27(29)30)24-9-11-25(12-10-24)23(28)19-14-17(3)13-18(4)15-19/h7-8,13-16H,5-6,9-12H2,1-4H3. The maximum atomic E-state index is 12.9. The molecule has 3 rings (SSSR count). The third kappa shape index (κ3) is 5.17. The lowest BCUT2D eigenvalue weighted by atomic mass is 10.1. The van der Waals surface area contributed by atoms with Crippen LogP contribution >= 0.6 is 0 Å². The molecule has 0 bridgehead atoms. The highest BCUT2D eigenvalue weighted by Crippen LogP contribution is 2.32. The van der Waals surface area contributed by atoms with Crippen molar-refractivity contribution in [2.75, 3.05) is 44.2 Å². The van der Waals surface area contributed by atoms with E-state index in [-0.39, 0.29) is 29.6 Å². The molecule has 10 heteroatoms. The first kappa shape index (κ1) is 24.7. The SMILES string of the molecule is CCN(CC)S(=O)(=O)c1ccc(N2CCN(C(=O)c3cc(C)cc(C)c3)CC2)c([N+](=O)[O-])c1. The van der Waals surface area contributed by atoms with Crippen molar-refractivity contribution in [3.8, 4) is 0 Å². The molecule has 1 aliphatic heterocycles. The number of sulfonamides is 1. The van der Waals surface area contributed by atoms with Gasteiger partial charge >= 0.3 is 0 Å². The molecule has 0 N–H and O–H groups in total. The van der Waals surface area contributed by atoms with Crippen molar-refractivity contribution in [2.45, 2.75) is 32.6 Å². The molecule has 9 nitrogen and oxygen atoms in total. The Kier molecular flexibility index (Phi) is 7.38. The molecule has 178 valence electrons. The first-order valence-corrected chi connectivity index (χ1v) is 12.4. The number of carbonyl (C=O) groups is 1. The monoisotopic (exact) mass is 474 g/mol. The summed E-state index contributed by atoms with van der Waals surface area (Å²) in [5, 5.41) is 11.8. The van der Waals surface area contributed by atoms with Crippen LogP contribution < -0.4 is 4.90 Å². The van der Waals surface area contributed by atoms with Gasteiger partial charge in [-0.3, -0.25) is 14.9 Å². The third-order valence-corrected chi connectivity index (χ3v) is 7.91. The van der Waals surface area contributed by atoms with Gasteiger partial charge in [-0.25, -0.2) is 8.42 Å². The number of benzene rings is 2. The Balaban J connectivity index is 1.81. The van der Waals surface area contributed by atoms with Crippen molar-refractivity contribution in [1.29, 1.82) is 0 Å². The molecular weight excluding hydrogens is 444 g/mol. The molecule has 0 radical (unpaired) electrons. The van der Waals surface area contributed by atoms with Crippen LogP contribution in [-0.2, 0) is 10.0 Å². The first-order chi connectivity index (χ1) is 15.6. The second-order valence-electron chi connectivity index (χ2n) is 8.15. The minimum Gasteiger partial charge on any atom is -0.362 e. The second kappa shape index (κ2) is 9.88. The molecule has 0 aliphatic carbocycles. The van der Waals surface area contributed by atoms with Gasteiger partial charge in [0.15, 0.2) is 0 Å². The molecule has 0 unspecified atom stereocenters. The predicted octanol–water partition coefficient (Wildman–Crippen LogP) is 3.20. The zero-order chi connectivity index (χ0) is 24.3. The molecule has 0 aromatic heterocycles. The fourth-order valence-corrected chi connectivity index (χ4v) is 5.70. The van der Waals surface area contributed by atoms with Gasteiger partial charge in [-0.15, -0.1) is 0 Å². The molecule has 1 fully saturated rings. The summed E-state index contributed by atoms with van der Waals surface area (Å²) in [5.74, 6) is -0.0587. The molecule has 1 saturated heterocycles. The van der Waals surface area contributed by atoms with E-state index in [1.165, 1.54) is 16.4 Å². The number of rotatable bonds is 7. The summed E-state index contributed by atoms with van der Waals surface area (Å²) in [5.41, 5.74) is 2.78. The summed E-state index contributed by atoms with van der Waals surface area (Å²) in [6, 6.07) is 9.79. The molecule has 0 spiro atoms. The third-order valence-electron chi connectivity index (χ3n) is 5.86. The number of amides is 1. The smallest absolute Gasteiger partial charge is 0.293 e. The largest absolute Gasteiger partial charge is 0.362 e. The van der Waals surface area contributed by atoms with Crippen LogP contribution in [0.15, 0.2) is 41.3 Å². The number of nitro groups is 1. The number of hydrogen-bond acceptors (Lipinski definition) is 6. The highest BCUT2D eigenvalue weighted by molar-refractivity contribution is 7.89. The summed E-state index contributed by atoms with van der Waals surface area (Å²) in [6.45, 7) is 9.58. The van der Waals surface area contributed by atoms with Crippen LogP contribution in [0.2, 0.25) is 0 Å². The number of anilines is 1. The maximum absolute atomic E-state index is 12.9. The minimum absolute atomic E-state index is 0.0587. The zero-order valence-corrected chi connectivity index (χ0v) is 20.3. The summed E-state index contributed by atoms with van der Waals surface area (Å²) >= 11 is 0. The minimum atomic E-state index is -3.80. The number of carbonyl (C=O) groups excluding carboxylic acids is 1. The Morgan fingerprint density at radius 3 is 2.09 bits per heavy atom. The fourth-order valence-electron chi connectivity index (χ4n) is 4.22. The summed E-state index contributed by atoms with van der Waals surface area (Å²) < 4.78 is 26.9. The van der Waals surface area contributed by atoms with E-state index in [0.717, 1.165) is 17.2 Å². The molecular formula is C23H30N4O5S. The van der Waals surface area contributed by atoms with Gasteiger partial charge < -0.3 is 9.80 Å². The van der Waals surface area contributed by atoms with Gasteiger partial charge in [0.25, 0.3) is 11.6 Å². The lowest BCUT2D eigenvalue weighted by molar-refractivity contribution is -0.384. The van der Waals surface area contributed by atoms with E-state index >= 15 is 0 Å². The van der Waals surface area contributed by atoms with Crippen LogP contribution in [0.25, 0.3) is 0 Å². The van der Waals surface area contributed by atoms with Gasteiger partial charge in [0.2, 0.25) is 10.0 Å². The average Bonchev–Trinajstić information content (AvgIpc) is 2.78. The Morgan fingerprint density at radius 2 is 1.58 bits per heavy atom. The zero-order valence-electron chi connectivity index (χ0n) is 19.4. The van der Waals surface area contributed by atoms with Crippen LogP contribution in [0.1, 0.15) is 35.3 Å². The second-order valence-corrected chi connectivity index (χ2v) is 10.1. The molecule has 0 saturated carbocycles. The van der Waals surface area contributed by atoms with Crippen LogP contribution in [0.5, 0.6) is 0 Å². The molecule has 2 aromatic rings. The van der Waals surface area contributed by atoms with Gasteiger partial charge in [-0.2, -0.15) is 4.31 Å². The van der Waals surface area contributed by atoms with Crippen molar-refractivity contribution in [1.82, 2.24) is 9.21 Å². The van der Waals surface area contributed by atoms with Crippen LogP contribution in [0.4, 0.5) is 11.4 Å². The van der Waals surface area contributed by atoms with Gasteiger partial charge in [0, 0.05) is 50.9 Å². The van der Waals surface area contributed by atoms with Crippen molar-refractivity contribution in [3.63, 3.8) is 0 Å². The van der Waals surface area contributed by atoms with E-state index in [9.17, 15) is 23.3 Å². The quantitative estimate of drug-likeness (QED) is 0.451. The Hall–Kier alpha value is -2.98. The molecule has 1 heterocycles. The molecule has 0 atom stereocenters. The number of aryl methyl sites for hydroxylation is 2. The Morgan fingerprint density at radius 1 is 1.00 bits per heavy atom. The van der Waals surface area contributed by atoms with E-state index in [1.807, 2.05) is 36.9 Å². The summed E-state index contributed by atoms with van der Waals surface area (Å²) in [4.78, 5) is 27.6. The average molecular weight is 475 g/mol. The van der Waals surface area contributed by atoms with Gasteiger partial charge in [0.1, 0.15) is 5.69 Å². The molecule has 2 aromatic carbocycles. The highest BCUT2D eigenvalue weighted by Gasteiger charge is 2.30. The Labute approximate surface area is 194 Å². The van der Waals surface area contributed by atoms with Crippen molar-refractivity contribution in [2.24, 2.45) is 0 Å². The van der Waals surface area contributed by atoms with Crippen LogP contribution in [0.3, 0.4) is 0 Å². The highest BCUT2D eigenvalue weighted by atomic mass is 32.2. The van der Waals surface area contributed by atoms with Crippen LogP contribution in [-0.4, -0.2) is 67.7 Å². The predicted molar refractivity (Wildman–Crippen MR) is 127 cm³/mol. The number of hydrogen-bond donors (Lipinski definition) is 0. The Bertz CT molecular complexity index is 1130. The maximum Gasteiger partial charge on any atom is 0.293 e. The molecule has 1 amide bonds. The van der Waals surface area contributed by atoms with E-state index in [4.69, 9.17) is 0 Å². The fraction of sp³-hybridized carbons (Fsp3) is 0.435. The number of nitrogens with zero attached hydrogens (tertiary/aromatic N) is 4. The van der Waals surface area contributed by atoms with Gasteiger partial charge in [0.05, 0.1) is 9.82 Å². The molecule has 1 aliphatic rings. The van der Waals surface area contributed by atoms with Gasteiger partial charge in [-0.1, -0.05) is 31.0 Å². The van der Waals surface area contributed by atoms with E-state index in [0.29, 0.717) is 37.4 Å². The van der Waals surface area contributed by atoms with Crippen molar-refractivity contribution < 1.29 is 18.1 Å². The van der Waals surface area contributed by atoms with E-state index in [1.54, 1.807) is 18.7 Å². The normalized spacial score (nSPS) is 14.6. The van der Waals surface area contributed by atoms with Crippen molar-refractivity contribution >= 4 is 27.3 Å². The topological polar surface area (TPSA) is 104 Å². The lowest BCUT2D eigenvalue weighted by Gasteiger charge is -2.36. The van der Waals surface area contributed by atoms with Gasteiger partial charge in [-0.05, 0) is 38.1 Å². The summed E-state index contributed by atoms with van der Waals surface area (Å²) in [6.07, 6.45) is 0. The first-order valence-electron chi connectivity index (χ1n) is 11.0. The van der Waals surface area contributed by atoms with E-state index in [2.05, 4.69) is 0 Å².